The van der Waals surface area contributed by atoms with E-state index in [1.165, 1.54) is 12.1 Å². The molecule has 3 N–H and O–H groups in total. The van der Waals surface area contributed by atoms with Gasteiger partial charge in [-0.15, -0.1) is 6.58 Å². The van der Waals surface area contributed by atoms with Gasteiger partial charge in [-0.2, -0.15) is 0 Å². The van der Waals surface area contributed by atoms with Crippen LogP contribution in [0.3, 0.4) is 0 Å². The first kappa shape index (κ1) is 15.3. The first-order chi connectivity index (χ1) is 8.95. The van der Waals surface area contributed by atoms with Crippen LogP contribution in [0.1, 0.15) is 18.1 Å². The molecule has 0 saturated carbocycles. The highest BCUT2D eigenvalue weighted by atomic mass is 19.2. The maximum atomic E-state index is 13.1. The molecule has 1 rings (SSSR count). The van der Waals surface area contributed by atoms with Crippen molar-refractivity contribution in [3.8, 4) is 0 Å². The Hall–Kier alpha value is -1.79. The third kappa shape index (κ3) is 4.42. The van der Waals surface area contributed by atoms with E-state index < -0.39 is 29.7 Å². The summed E-state index contributed by atoms with van der Waals surface area (Å²) in [4.78, 5) is 10.7. The number of hydrogen-bond acceptors (Lipinski definition) is 3. The summed E-state index contributed by atoms with van der Waals surface area (Å²) in [6.45, 7) is 3.76. The van der Waals surface area contributed by atoms with Gasteiger partial charge in [-0.3, -0.25) is 4.79 Å². The number of aliphatic hydroxyl groups is 1. The molecule has 0 saturated heterocycles. The average Bonchev–Trinajstić information content (AvgIpc) is 2.36. The molecule has 1 aromatic carbocycles. The summed E-state index contributed by atoms with van der Waals surface area (Å²) < 4.78 is 25.9. The summed E-state index contributed by atoms with van der Waals surface area (Å²) in [5, 5.41) is 21.6. The molecule has 6 heteroatoms. The molecule has 104 valence electrons. The summed E-state index contributed by atoms with van der Waals surface area (Å²) in [6, 6.07) is 2.14. The zero-order valence-electron chi connectivity index (χ0n) is 10.1. The fraction of sp³-hybridized carbons (Fsp3) is 0.308. The van der Waals surface area contributed by atoms with Crippen LogP contribution in [0.2, 0.25) is 0 Å². The Kier molecular flexibility index (Phi) is 5.59. The van der Waals surface area contributed by atoms with Crippen LogP contribution in [-0.2, 0) is 4.79 Å². The fourth-order valence-corrected chi connectivity index (χ4v) is 1.65. The standard InChI is InChI=1S/C13H15F2NO3/c1-2-5-16-11(7-12(17)18)13(19)8-3-4-9(14)10(15)6-8/h2-4,6,11,13,16,19H,1,5,7H2,(H,17,18). The van der Waals surface area contributed by atoms with Crippen LogP contribution < -0.4 is 5.32 Å². The van der Waals surface area contributed by atoms with Crippen molar-refractivity contribution >= 4 is 5.97 Å². The second-order valence-corrected chi connectivity index (χ2v) is 4.02. The van der Waals surface area contributed by atoms with Gasteiger partial charge in [0.05, 0.1) is 12.5 Å². The molecular weight excluding hydrogens is 256 g/mol. The molecule has 0 bridgehead atoms. The molecular formula is C13H15F2NO3. The highest BCUT2D eigenvalue weighted by molar-refractivity contribution is 5.67. The minimum atomic E-state index is -1.26. The number of nitrogens with one attached hydrogen (secondary N) is 1. The fourth-order valence-electron chi connectivity index (χ4n) is 1.65. The SMILES string of the molecule is C=CCNC(CC(=O)O)C(O)c1ccc(F)c(F)c1. The van der Waals surface area contributed by atoms with E-state index in [0.29, 0.717) is 6.54 Å². The lowest BCUT2D eigenvalue weighted by Gasteiger charge is -2.22. The molecule has 0 aliphatic rings. The molecule has 0 radical (unpaired) electrons. The number of carboxylic acids is 1. The maximum absolute atomic E-state index is 13.1. The molecule has 0 spiro atoms. The van der Waals surface area contributed by atoms with Crippen molar-refractivity contribution in [2.75, 3.05) is 6.54 Å². The predicted octanol–water partition coefficient (Wildman–Crippen LogP) is 1.62. The Morgan fingerprint density at radius 3 is 2.63 bits per heavy atom. The van der Waals surface area contributed by atoms with E-state index in [1.54, 1.807) is 0 Å². The molecule has 0 heterocycles. The molecule has 0 fully saturated rings. The van der Waals surface area contributed by atoms with Gasteiger partial charge in [0.25, 0.3) is 0 Å². The summed E-state index contributed by atoms with van der Waals surface area (Å²) >= 11 is 0. The van der Waals surface area contributed by atoms with Gasteiger partial charge in [0, 0.05) is 12.6 Å². The van der Waals surface area contributed by atoms with Crippen molar-refractivity contribution in [1.29, 1.82) is 0 Å². The Balaban J connectivity index is 2.89. The molecule has 0 amide bonds. The number of aliphatic hydroxyl groups excluding tert-OH is 1. The van der Waals surface area contributed by atoms with Gasteiger partial charge in [-0.05, 0) is 17.7 Å². The van der Waals surface area contributed by atoms with Gasteiger partial charge >= 0.3 is 5.97 Å². The second-order valence-electron chi connectivity index (χ2n) is 4.02. The van der Waals surface area contributed by atoms with Crippen molar-refractivity contribution in [1.82, 2.24) is 5.32 Å². The number of carboxylic acid groups (broad SMARTS) is 1. The van der Waals surface area contributed by atoms with Crippen molar-refractivity contribution in [3.63, 3.8) is 0 Å². The van der Waals surface area contributed by atoms with E-state index in [9.17, 15) is 18.7 Å². The van der Waals surface area contributed by atoms with Gasteiger partial charge in [0.15, 0.2) is 11.6 Å². The predicted molar refractivity (Wildman–Crippen MR) is 65.6 cm³/mol. The third-order valence-corrected chi connectivity index (χ3v) is 2.59. The van der Waals surface area contributed by atoms with Crippen molar-refractivity contribution < 1.29 is 23.8 Å². The number of aliphatic carboxylic acids is 1. The van der Waals surface area contributed by atoms with E-state index in [-0.39, 0.29) is 12.0 Å². The maximum Gasteiger partial charge on any atom is 0.305 e. The van der Waals surface area contributed by atoms with Crippen LogP contribution in [0, 0.1) is 11.6 Å². The van der Waals surface area contributed by atoms with E-state index in [1.807, 2.05) is 0 Å². The topological polar surface area (TPSA) is 69.6 Å². The number of carbonyl (C=O) groups is 1. The second kappa shape index (κ2) is 6.96. The van der Waals surface area contributed by atoms with Gasteiger partial charge < -0.3 is 15.5 Å². The van der Waals surface area contributed by atoms with Crippen molar-refractivity contribution in [3.05, 3.63) is 48.1 Å². The molecule has 4 nitrogen and oxygen atoms in total. The molecule has 2 unspecified atom stereocenters. The molecule has 19 heavy (non-hydrogen) atoms. The van der Waals surface area contributed by atoms with Gasteiger partial charge in [0.2, 0.25) is 0 Å². The molecule has 1 aromatic rings. The van der Waals surface area contributed by atoms with Gasteiger partial charge in [-0.1, -0.05) is 12.1 Å². The zero-order chi connectivity index (χ0) is 14.4. The number of hydrogen-bond donors (Lipinski definition) is 3. The number of benzene rings is 1. The summed E-state index contributed by atoms with van der Waals surface area (Å²) in [7, 11) is 0. The number of halogens is 2. The van der Waals surface area contributed by atoms with Gasteiger partial charge in [0.1, 0.15) is 0 Å². The third-order valence-electron chi connectivity index (χ3n) is 2.59. The largest absolute Gasteiger partial charge is 0.481 e. The highest BCUT2D eigenvalue weighted by Crippen LogP contribution is 2.21. The summed E-state index contributed by atoms with van der Waals surface area (Å²) in [5.74, 6) is -3.22. The Bertz CT molecular complexity index is 465. The van der Waals surface area contributed by atoms with E-state index in [4.69, 9.17) is 5.11 Å². The highest BCUT2D eigenvalue weighted by Gasteiger charge is 2.23. The number of rotatable bonds is 7. The molecule has 0 aliphatic heterocycles. The summed E-state index contributed by atoms with van der Waals surface area (Å²) in [5.41, 5.74) is 0.113. The molecule has 0 aromatic heterocycles. The quantitative estimate of drug-likeness (QED) is 0.659. The van der Waals surface area contributed by atoms with Gasteiger partial charge in [-0.25, -0.2) is 8.78 Å². The van der Waals surface area contributed by atoms with Crippen molar-refractivity contribution in [2.24, 2.45) is 0 Å². The van der Waals surface area contributed by atoms with Crippen LogP contribution in [0.5, 0.6) is 0 Å². The van der Waals surface area contributed by atoms with Crippen LogP contribution >= 0.6 is 0 Å². The van der Waals surface area contributed by atoms with Crippen LogP contribution in [0.15, 0.2) is 30.9 Å². The van der Waals surface area contributed by atoms with Crippen LogP contribution in [0.25, 0.3) is 0 Å². The lowest BCUT2D eigenvalue weighted by molar-refractivity contribution is -0.138. The first-order valence-electron chi connectivity index (χ1n) is 5.64. The normalized spacial score (nSPS) is 13.8. The lowest BCUT2D eigenvalue weighted by Crippen LogP contribution is -2.37. The Morgan fingerprint density at radius 1 is 1.42 bits per heavy atom. The van der Waals surface area contributed by atoms with Crippen LogP contribution in [-0.4, -0.2) is 28.8 Å². The van der Waals surface area contributed by atoms with Crippen molar-refractivity contribution in [2.45, 2.75) is 18.6 Å². The molecule has 0 aliphatic carbocycles. The monoisotopic (exact) mass is 271 g/mol. The lowest BCUT2D eigenvalue weighted by atomic mass is 9.99. The zero-order valence-corrected chi connectivity index (χ0v) is 10.1. The molecule has 2 atom stereocenters. The average molecular weight is 271 g/mol. The summed E-state index contributed by atoms with van der Waals surface area (Å²) in [6.07, 6.45) is -0.105. The Labute approximate surface area is 109 Å². The van der Waals surface area contributed by atoms with E-state index in [0.717, 1.165) is 12.1 Å². The van der Waals surface area contributed by atoms with E-state index >= 15 is 0 Å². The minimum Gasteiger partial charge on any atom is -0.481 e. The smallest absolute Gasteiger partial charge is 0.305 e. The minimum absolute atomic E-state index is 0.113. The van der Waals surface area contributed by atoms with Crippen LogP contribution in [0.4, 0.5) is 8.78 Å². The first-order valence-corrected chi connectivity index (χ1v) is 5.64. The van der Waals surface area contributed by atoms with E-state index in [2.05, 4.69) is 11.9 Å². The Morgan fingerprint density at radius 2 is 2.11 bits per heavy atom.